The average Bonchev–Trinajstić information content (AvgIpc) is 2.18. The standard InChI is InChI=1S/C9H10N4O/c10-8-11-7(12-9(14)13-8)6-4-2-1-3-5-6/h1-5,7H,(H4,10,11,12,13,14). The van der Waals surface area contributed by atoms with Crippen molar-refractivity contribution in [2.24, 2.45) is 10.7 Å². The Bertz CT molecular complexity index is 374. The van der Waals surface area contributed by atoms with Crippen molar-refractivity contribution in [3.8, 4) is 0 Å². The van der Waals surface area contributed by atoms with Crippen LogP contribution in [0.1, 0.15) is 11.7 Å². The van der Waals surface area contributed by atoms with Crippen LogP contribution in [-0.4, -0.2) is 12.0 Å². The highest BCUT2D eigenvalue weighted by Crippen LogP contribution is 2.14. The first-order valence-electron chi connectivity index (χ1n) is 4.21. The van der Waals surface area contributed by atoms with Crippen LogP contribution in [0.2, 0.25) is 0 Å². The highest BCUT2D eigenvalue weighted by atomic mass is 16.2. The van der Waals surface area contributed by atoms with E-state index in [0.29, 0.717) is 0 Å². The Hall–Kier alpha value is -2.04. The molecule has 5 heteroatoms. The molecule has 1 aromatic carbocycles. The molecule has 1 atom stereocenters. The molecule has 1 aliphatic heterocycles. The molecule has 1 heterocycles. The second-order valence-corrected chi connectivity index (χ2v) is 2.93. The monoisotopic (exact) mass is 190 g/mol. The summed E-state index contributed by atoms with van der Waals surface area (Å²) in [6.07, 6.45) is -0.384. The van der Waals surface area contributed by atoms with Gasteiger partial charge in [-0.3, -0.25) is 5.32 Å². The van der Waals surface area contributed by atoms with Crippen molar-refractivity contribution in [3.05, 3.63) is 35.9 Å². The van der Waals surface area contributed by atoms with Gasteiger partial charge < -0.3 is 11.1 Å². The molecule has 5 nitrogen and oxygen atoms in total. The van der Waals surface area contributed by atoms with Crippen LogP contribution in [0.4, 0.5) is 4.79 Å². The largest absolute Gasteiger partial charge is 0.370 e. The molecule has 0 saturated heterocycles. The van der Waals surface area contributed by atoms with Gasteiger partial charge >= 0.3 is 6.03 Å². The number of amides is 2. The highest BCUT2D eigenvalue weighted by molar-refractivity contribution is 5.97. The van der Waals surface area contributed by atoms with Gasteiger partial charge in [0, 0.05) is 0 Å². The van der Waals surface area contributed by atoms with Crippen molar-refractivity contribution in [1.82, 2.24) is 10.6 Å². The Morgan fingerprint density at radius 3 is 2.64 bits per heavy atom. The van der Waals surface area contributed by atoms with Gasteiger partial charge in [-0.25, -0.2) is 9.79 Å². The quantitative estimate of drug-likeness (QED) is 0.596. The van der Waals surface area contributed by atoms with Crippen molar-refractivity contribution in [3.63, 3.8) is 0 Å². The third kappa shape index (κ3) is 1.66. The van der Waals surface area contributed by atoms with Gasteiger partial charge in [-0.15, -0.1) is 0 Å². The predicted molar refractivity (Wildman–Crippen MR) is 52.5 cm³/mol. The second-order valence-electron chi connectivity index (χ2n) is 2.93. The normalized spacial score (nSPS) is 20.7. The minimum atomic E-state index is -0.384. The van der Waals surface area contributed by atoms with E-state index in [0.717, 1.165) is 5.56 Å². The smallest absolute Gasteiger partial charge is 0.323 e. The number of benzene rings is 1. The number of carbonyl (C=O) groups excluding carboxylic acids is 1. The summed E-state index contributed by atoms with van der Waals surface area (Å²) in [6.45, 7) is 0. The highest BCUT2D eigenvalue weighted by Gasteiger charge is 2.18. The first-order chi connectivity index (χ1) is 6.75. The first kappa shape index (κ1) is 8.55. The van der Waals surface area contributed by atoms with E-state index in [9.17, 15) is 4.79 Å². The van der Waals surface area contributed by atoms with Crippen LogP contribution in [0.3, 0.4) is 0 Å². The third-order valence-corrected chi connectivity index (χ3v) is 1.89. The number of nitrogens with two attached hydrogens (primary N) is 1. The van der Waals surface area contributed by atoms with E-state index >= 15 is 0 Å². The number of rotatable bonds is 1. The number of nitrogens with zero attached hydrogens (tertiary/aromatic N) is 1. The maximum atomic E-state index is 11.1. The summed E-state index contributed by atoms with van der Waals surface area (Å²) >= 11 is 0. The number of urea groups is 1. The summed E-state index contributed by atoms with van der Waals surface area (Å²) in [7, 11) is 0. The molecular weight excluding hydrogens is 180 g/mol. The van der Waals surface area contributed by atoms with Gasteiger partial charge in [0.15, 0.2) is 12.1 Å². The molecule has 0 fully saturated rings. The molecule has 72 valence electrons. The van der Waals surface area contributed by atoms with Gasteiger partial charge in [0.2, 0.25) is 0 Å². The lowest BCUT2D eigenvalue weighted by Crippen LogP contribution is -2.49. The molecule has 4 N–H and O–H groups in total. The van der Waals surface area contributed by atoms with Crippen molar-refractivity contribution in [2.75, 3.05) is 0 Å². The lowest BCUT2D eigenvalue weighted by Gasteiger charge is -2.20. The van der Waals surface area contributed by atoms with Crippen LogP contribution < -0.4 is 16.4 Å². The fraction of sp³-hybridized carbons (Fsp3) is 0.111. The molecule has 0 bridgehead atoms. The molecule has 2 amide bonds. The van der Waals surface area contributed by atoms with Crippen LogP contribution in [-0.2, 0) is 0 Å². The van der Waals surface area contributed by atoms with Crippen molar-refractivity contribution < 1.29 is 4.79 Å². The molecule has 0 spiro atoms. The number of carbonyl (C=O) groups is 1. The van der Waals surface area contributed by atoms with E-state index in [-0.39, 0.29) is 18.2 Å². The zero-order chi connectivity index (χ0) is 9.97. The first-order valence-corrected chi connectivity index (χ1v) is 4.21. The number of aliphatic imine (C=N–C) groups is 1. The Kier molecular flexibility index (Phi) is 2.06. The van der Waals surface area contributed by atoms with Gasteiger partial charge in [-0.05, 0) is 5.56 Å². The zero-order valence-electron chi connectivity index (χ0n) is 7.40. The van der Waals surface area contributed by atoms with E-state index in [1.54, 1.807) is 0 Å². The molecule has 2 rings (SSSR count). The zero-order valence-corrected chi connectivity index (χ0v) is 7.40. The summed E-state index contributed by atoms with van der Waals surface area (Å²) in [6, 6.07) is 9.11. The third-order valence-electron chi connectivity index (χ3n) is 1.89. The molecule has 0 aliphatic carbocycles. The lowest BCUT2D eigenvalue weighted by atomic mass is 10.2. The fourth-order valence-electron chi connectivity index (χ4n) is 1.27. The number of hydrogen-bond acceptors (Lipinski definition) is 3. The van der Waals surface area contributed by atoms with Crippen LogP contribution in [0.5, 0.6) is 0 Å². The minimum absolute atomic E-state index is 0.141. The summed E-state index contributed by atoms with van der Waals surface area (Å²) in [5.74, 6) is 0.141. The summed E-state index contributed by atoms with van der Waals surface area (Å²) in [4.78, 5) is 15.1. The van der Waals surface area contributed by atoms with Crippen molar-refractivity contribution in [1.29, 1.82) is 0 Å². The molecular formula is C9H10N4O. The SMILES string of the molecule is NC1=NC(c2ccccc2)NC(=O)N1. The number of guanidine groups is 1. The van der Waals surface area contributed by atoms with Crippen LogP contribution >= 0.6 is 0 Å². The van der Waals surface area contributed by atoms with Crippen molar-refractivity contribution in [2.45, 2.75) is 6.17 Å². The summed E-state index contributed by atoms with van der Waals surface area (Å²) in [5.41, 5.74) is 6.34. The van der Waals surface area contributed by atoms with Gasteiger partial charge in [0.05, 0.1) is 0 Å². The van der Waals surface area contributed by atoms with Gasteiger partial charge in [0.25, 0.3) is 0 Å². The lowest BCUT2D eigenvalue weighted by molar-refractivity contribution is 0.240. The Morgan fingerprint density at radius 1 is 1.29 bits per heavy atom. The molecule has 0 saturated carbocycles. The molecule has 0 aromatic heterocycles. The van der Waals surface area contributed by atoms with E-state index in [1.165, 1.54) is 0 Å². The van der Waals surface area contributed by atoms with Gasteiger partial charge in [0.1, 0.15) is 0 Å². The van der Waals surface area contributed by atoms with E-state index in [1.807, 2.05) is 30.3 Å². The Labute approximate surface area is 81.0 Å². The predicted octanol–water partition coefficient (Wildman–Crippen LogP) is 0.313. The van der Waals surface area contributed by atoms with E-state index < -0.39 is 0 Å². The minimum Gasteiger partial charge on any atom is -0.370 e. The number of hydrogen-bond donors (Lipinski definition) is 3. The Morgan fingerprint density at radius 2 is 2.00 bits per heavy atom. The molecule has 1 unspecified atom stereocenters. The molecule has 14 heavy (non-hydrogen) atoms. The molecule has 1 aromatic rings. The summed E-state index contributed by atoms with van der Waals surface area (Å²) in [5, 5.41) is 5.00. The fourth-order valence-corrected chi connectivity index (χ4v) is 1.27. The van der Waals surface area contributed by atoms with Crippen LogP contribution in [0.25, 0.3) is 0 Å². The van der Waals surface area contributed by atoms with E-state index in [2.05, 4.69) is 15.6 Å². The summed E-state index contributed by atoms with van der Waals surface area (Å²) < 4.78 is 0. The van der Waals surface area contributed by atoms with Gasteiger partial charge in [-0.2, -0.15) is 0 Å². The van der Waals surface area contributed by atoms with Crippen molar-refractivity contribution >= 4 is 12.0 Å². The Balaban J connectivity index is 2.28. The second kappa shape index (κ2) is 3.37. The maximum absolute atomic E-state index is 11.1. The number of nitrogens with one attached hydrogen (secondary N) is 2. The van der Waals surface area contributed by atoms with Crippen LogP contribution in [0.15, 0.2) is 35.3 Å². The van der Waals surface area contributed by atoms with Gasteiger partial charge in [-0.1, -0.05) is 30.3 Å². The maximum Gasteiger partial charge on any atom is 0.323 e. The topological polar surface area (TPSA) is 79.5 Å². The van der Waals surface area contributed by atoms with Crippen LogP contribution in [0, 0.1) is 0 Å². The van der Waals surface area contributed by atoms with E-state index in [4.69, 9.17) is 5.73 Å². The molecule has 1 aliphatic rings. The average molecular weight is 190 g/mol. The molecule has 0 radical (unpaired) electrons.